The Morgan fingerprint density at radius 3 is 2.32 bits per heavy atom. The number of carboxylic acids is 1. The highest BCUT2D eigenvalue weighted by Gasteiger charge is 2.22. The van der Waals surface area contributed by atoms with E-state index in [1.54, 1.807) is 30.3 Å². The molecule has 0 radical (unpaired) electrons. The molecule has 0 aromatic heterocycles. The van der Waals surface area contributed by atoms with Crippen molar-refractivity contribution in [2.75, 3.05) is 14.2 Å². The first-order valence-electron chi connectivity index (χ1n) is 7.76. The van der Waals surface area contributed by atoms with Crippen LogP contribution in [0.25, 0.3) is 0 Å². The lowest BCUT2D eigenvalue weighted by Crippen LogP contribution is -2.30. The van der Waals surface area contributed by atoms with Gasteiger partial charge in [-0.1, -0.05) is 17.7 Å². The molecule has 6 heteroatoms. The number of amides is 1. The Labute approximate surface area is 146 Å². The molecule has 0 bridgehead atoms. The maximum absolute atomic E-state index is 12.5. The minimum atomic E-state index is -1.02. The number of hydrogen-bond acceptors (Lipinski definition) is 4. The van der Waals surface area contributed by atoms with Crippen molar-refractivity contribution in [2.45, 2.75) is 19.4 Å². The summed E-state index contributed by atoms with van der Waals surface area (Å²) < 4.78 is 10.5. The fourth-order valence-corrected chi connectivity index (χ4v) is 2.47. The smallest absolute Gasteiger partial charge is 0.305 e. The summed E-state index contributed by atoms with van der Waals surface area (Å²) in [6.07, 6.45) is -0.264. The summed E-state index contributed by atoms with van der Waals surface area (Å²) >= 11 is 0. The molecule has 132 valence electrons. The van der Waals surface area contributed by atoms with Gasteiger partial charge in [0.05, 0.1) is 26.7 Å². The van der Waals surface area contributed by atoms with Crippen LogP contribution in [0.5, 0.6) is 11.5 Å². The Kier molecular flexibility index (Phi) is 6.00. The Balaban J connectivity index is 2.31. The standard InChI is InChI=1S/C19H21NO5/c1-12-4-6-13(7-5-12)19(23)20-16(11-18(21)22)15-9-8-14(24-2)10-17(15)25-3/h4-10,16H,11H2,1-3H3,(H,20,23)(H,21,22). The van der Waals surface area contributed by atoms with E-state index < -0.39 is 12.0 Å². The van der Waals surface area contributed by atoms with E-state index in [0.717, 1.165) is 5.56 Å². The molecule has 0 fully saturated rings. The summed E-state index contributed by atoms with van der Waals surface area (Å²) in [5.41, 5.74) is 2.08. The highest BCUT2D eigenvalue weighted by molar-refractivity contribution is 5.94. The summed E-state index contributed by atoms with van der Waals surface area (Å²) in [6, 6.07) is 11.4. The third-order valence-electron chi connectivity index (χ3n) is 3.81. The summed E-state index contributed by atoms with van der Waals surface area (Å²) in [5.74, 6) is -0.328. The maximum Gasteiger partial charge on any atom is 0.305 e. The number of carbonyl (C=O) groups excluding carboxylic acids is 1. The molecule has 6 nitrogen and oxygen atoms in total. The summed E-state index contributed by atoms with van der Waals surface area (Å²) in [6.45, 7) is 1.93. The lowest BCUT2D eigenvalue weighted by Gasteiger charge is -2.20. The molecule has 0 aliphatic carbocycles. The zero-order valence-corrected chi connectivity index (χ0v) is 14.4. The molecular formula is C19H21NO5. The quantitative estimate of drug-likeness (QED) is 0.807. The molecule has 25 heavy (non-hydrogen) atoms. The van der Waals surface area contributed by atoms with Crippen molar-refractivity contribution >= 4 is 11.9 Å². The van der Waals surface area contributed by atoms with Gasteiger partial charge < -0.3 is 19.9 Å². The lowest BCUT2D eigenvalue weighted by molar-refractivity contribution is -0.137. The number of carbonyl (C=O) groups is 2. The van der Waals surface area contributed by atoms with E-state index >= 15 is 0 Å². The molecule has 0 heterocycles. The number of aryl methyl sites for hydroxylation is 1. The minimum Gasteiger partial charge on any atom is -0.497 e. The average Bonchev–Trinajstić information content (AvgIpc) is 2.60. The molecule has 2 aromatic rings. The molecule has 1 amide bonds. The fraction of sp³-hybridized carbons (Fsp3) is 0.263. The fourth-order valence-electron chi connectivity index (χ4n) is 2.47. The normalized spacial score (nSPS) is 11.5. The Bertz CT molecular complexity index is 755. The molecule has 0 spiro atoms. The van der Waals surface area contributed by atoms with Gasteiger partial charge in [-0.15, -0.1) is 0 Å². The van der Waals surface area contributed by atoms with Crippen LogP contribution in [0.15, 0.2) is 42.5 Å². The van der Waals surface area contributed by atoms with E-state index in [1.807, 2.05) is 19.1 Å². The van der Waals surface area contributed by atoms with E-state index in [9.17, 15) is 14.7 Å². The van der Waals surface area contributed by atoms with E-state index in [2.05, 4.69) is 5.32 Å². The van der Waals surface area contributed by atoms with Crippen molar-refractivity contribution in [3.63, 3.8) is 0 Å². The zero-order valence-electron chi connectivity index (χ0n) is 14.4. The molecule has 0 saturated carbocycles. The zero-order chi connectivity index (χ0) is 18.4. The first kappa shape index (κ1) is 18.3. The maximum atomic E-state index is 12.5. The monoisotopic (exact) mass is 343 g/mol. The van der Waals surface area contributed by atoms with Gasteiger partial charge in [-0.3, -0.25) is 9.59 Å². The molecule has 1 unspecified atom stereocenters. The van der Waals surface area contributed by atoms with Crippen LogP contribution in [-0.4, -0.2) is 31.2 Å². The second-order valence-corrected chi connectivity index (χ2v) is 5.60. The molecular weight excluding hydrogens is 322 g/mol. The number of rotatable bonds is 7. The second kappa shape index (κ2) is 8.19. The first-order chi connectivity index (χ1) is 11.9. The topological polar surface area (TPSA) is 84.9 Å². The second-order valence-electron chi connectivity index (χ2n) is 5.60. The van der Waals surface area contributed by atoms with Gasteiger partial charge in [-0.05, 0) is 31.2 Å². The first-order valence-corrected chi connectivity index (χ1v) is 7.76. The van der Waals surface area contributed by atoms with Crippen molar-refractivity contribution < 1.29 is 24.2 Å². The van der Waals surface area contributed by atoms with Crippen LogP contribution in [0.2, 0.25) is 0 Å². The largest absolute Gasteiger partial charge is 0.497 e. The molecule has 2 N–H and O–H groups in total. The number of nitrogens with one attached hydrogen (secondary N) is 1. The van der Waals surface area contributed by atoms with Crippen molar-refractivity contribution in [2.24, 2.45) is 0 Å². The molecule has 2 rings (SSSR count). The van der Waals surface area contributed by atoms with Crippen LogP contribution in [-0.2, 0) is 4.79 Å². The highest BCUT2D eigenvalue weighted by atomic mass is 16.5. The molecule has 2 aromatic carbocycles. The summed E-state index contributed by atoms with van der Waals surface area (Å²) in [7, 11) is 3.01. The van der Waals surface area contributed by atoms with Crippen LogP contribution in [0, 0.1) is 6.92 Å². The number of carboxylic acid groups (broad SMARTS) is 1. The number of hydrogen-bond donors (Lipinski definition) is 2. The summed E-state index contributed by atoms with van der Waals surface area (Å²) in [5, 5.41) is 12.0. The highest BCUT2D eigenvalue weighted by Crippen LogP contribution is 2.31. The van der Waals surface area contributed by atoms with Gasteiger partial charge in [0.2, 0.25) is 0 Å². The molecule has 0 saturated heterocycles. The number of benzene rings is 2. The Morgan fingerprint density at radius 1 is 1.08 bits per heavy atom. The van der Waals surface area contributed by atoms with Crippen molar-refractivity contribution in [1.82, 2.24) is 5.32 Å². The van der Waals surface area contributed by atoms with Crippen LogP contribution in [0.1, 0.15) is 33.9 Å². The van der Waals surface area contributed by atoms with Gasteiger partial charge >= 0.3 is 5.97 Å². The summed E-state index contributed by atoms with van der Waals surface area (Å²) in [4.78, 5) is 23.7. The van der Waals surface area contributed by atoms with Crippen LogP contribution < -0.4 is 14.8 Å². The van der Waals surface area contributed by atoms with Crippen molar-refractivity contribution in [3.8, 4) is 11.5 Å². The third-order valence-corrected chi connectivity index (χ3v) is 3.81. The number of ether oxygens (including phenoxy) is 2. The van der Waals surface area contributed by atoms with E-state index in [0.29, 0.717) is 22.6 Å². The van der Waals surface area contributed by atoms with E-state index in [4.69, 9.17) is 9.47 Å². The predicted molar refractivity (Wildman–Crippen MR) is 93.2 cm³/mol. The van der Waals surface area contributed by atoms with E-state index in [-0.39, 0.29) is 12.3 Å². The van der Waals surface area contributed by atoms with Gasteiger partial charge in [0, 0.05) is 17.2 Å². The van der Waals surface area contributed by atoms with Gasteiger partial charge in [-0.2, -0.15) is 0 Å². The van der Waals surface area contributed by atoms with Gasteiger partial charge in [0.25, 0.3) is 5.91 Å². The Hall–Kier alpha value is -3.02. The minimum absolute atomic E-state index is 0.264. The molecule has 1 atom stereocenters. The van der Waals surface area contributed by atoms with E-state index in [1.165, 1.54) is 14.2 Å². The molecule has 0 aliphatic rings. The number of methoxy groups -OCH3 is 2. The number of aliphatic carboxylic acids is 1. The van der Waals surface area contributed by atoms with Crippen LogP contribution >= 0.6 is 0 Å². The predicted octanol–water partition coefficient (Wildman–Crippen LogP) is 2.96. The van der Waals surface area contributed by atoms with Gasteiger partial charge in [0.1, 0.15) is 11.5 Å². The van der Waals surface area contributed by atoms with Crippen molar-refractivity contribution in [1.29, 1.82) is 0 Å². The van der Waals surface area contributed by atoms with Crippen LogP contribution in [0.3, 0.4) is 0 Å². The van der Waals surface area contributed by atoms with Crippen molar-refractivity contribution in [3.05, 3.63) is 59.2 Å². The lowest BCUT2D eigenvalue weighted by atomic mass is 10.0. The van der Waals surface area contributed by atoms with Gasteiger partial charge in [0.15, 0.2) is 0 Å². The Morgan fingerprint density at radius 2 is 1.76 bits per heavy atom. The third kappa shape index (κ3) is 4.73. The average molecular weight is 343 g/mol. The van der Waals surface area contributed by atoms with Crippen LogP contribution in [0.4, 0.5) is 0 Å². The molecule has 0 aliphatic heterocycles. The van der Waals surface area contributed by atoms with Gasteiger partial charge in [-0.25, -0.2) is 0 Å². The SMILES string of the molecule is COc1ccc(C(CC(=O)O)NC(=O)c2ccc(C)cc2)c(OC)c1.